The quantitative estimate of drug-likeness (QED) is 0.783. The van der Waals surface area contributed by atoms with Gasteiger partial charge in [0.05, 0.1) is 11.4 Å². The van der Waals surface area contributed by atoms with E-state index in [1.807, 2.05) is 6.07 Å². The van der Waals surface area contributed by atoms with E-state index in [9.17, 15) is 13.2 Å². The summed E-state index contributed by atoms with van der Waals surface area (Å²) in [5, 5.41) is 4.43. The van der Waals surface area contributed by atoms with Crippen molar-refractivity contribution in [2.24, 2.45) is 13.0 Å². The van der Waals surface area contributed by atoms with Crippen LogP contribution in [0.15, 0.2) is 6.07 Å². The van der Waals surface area contributed by atoms with Crippen LogP contribution in [0.3, 0.4) is 0 Å². The lowest BCUT2D eigenvalue weighted by Gasteiger charge is -2.15. The van der Waals surface area contributed by atoms with Crippen LogP contribution in [0.2, 0.25) is 0 Å². The molecule has 1 saturated heterocycles. The average molecular weight is 318 g/mol. The maximum Gasteiger partial charge on any atom is 0.232 e. The zero-order valence-corrected chi connectivity index (χ0v) is 12.7. The molecule has 1 aliphatic heterocycles. The molecule has 0 bridgehead atoms. The highest BCUT2D eigenvalue weighted by atomic mass is 35.7. The molecule has 2 aliphatic rings. The number of carbonyl (C=O) groups excluding carboxylic acids is 1. The second kappa shape index (κ2) is 4.73. The van der Waals surface area contributed by atoms with Crippen LogP contribution >= 0.6 is 10.7 Å². The fourth-order valence-electron chi connectivity index (χ4n) is 2.71. The first-order valence-electron chi connectivity index (χ1n) is 6.60. The van der Waals surface area contributed by atoms with Crippen molar-refractivity contribution < 1.29 is 13.2 Å². The van der Waals surface area contributed by atoms with Crippen LogP contribution in [0, 0.1) is 5.92 Å². The lowest BCUT2D eigenvalue weighted by atomic mass is 10.1. The minimum absolute atomic E-state index is 0.0688. The van der Waals surface area contributed by atoms with Crippen LogP contribution in [0.5, 0.6) is 0 Å². The second-order valence-electron chi connectivity index (χ2n) is 5.61. The van der Waals surface area contributed by atoms with Gasteiger partial charge in [0, 0.05) is 48.6 Å². The van der Waals surface area contributed by atoms with Gasteiger partial charge in [-0.25, -0.2) is 8.42 Å². The number of aryl methyl sites for hydroxylation is 1. The third-order valence-electron chi connectivity index (χ3n) is 3.79. The molecule has 110 valence electrons. The van der Waals surface area contributed by atoms with E-state index in [1.54, 1.807) is 16.6 Å². The third kappa shape index (κ3) is 2.83. The van der Waals surface area contributed by atoms with Crippen molar-refractivity contribution in [2.75, 3.05) is 17.2 Å². The van der Waals surface area contributed by atoms with Gasteiger partial charge in [-0.05, 0) is 12.8 Å². The summed E-state index contributed by atoms with van der Waals surface area (Å²) in [6.07, 6.45) is 2.52. The van der Waals surface area contributed by atoms with Gasteiger partial charge >= 0.3 is 0 Å². The highest BCUT2D eigenvalue weighted by Crippen LogP contribution is 2.40. The highest BCUT2D eigenvalue weighted by molar-refractivity contribution is 8.13. The molecule has 1 unspecified atom stereocenters. The molecular weight excluding hydrogens is 302 g/mol. The molecule has 1 aromatic heterocycles. The van der Waals surface area contributed by atoms with Gasteiger partial charge in [-0.1, -0.05) is 0 Å². The summed E-state index contributed by atoms with van der Waals surface area (Å²) < 4.78 is 23.9. The van der Waals surface area contributed by atoms with Crippen molar-refractivity contribution in [3.63, 3.8) is 0 Å². The second-order valence-corrected chi connectivity index (χ2v) is 8.43. The fraction of sp³-hybridized carbons (Fsp3) is 0.667. The number of hydrogen-bond donors (Lipinski definition) is 0. The Hall–Kier alpha value is -1.08. The number of anilines is 1. The molecule has 0 spiro atoms. The summed E-state index contributed by atoms with van der Waals surface area (Å²) in [4.78, 5) is 13.7. The Kier molecular flexibility index (Phi) is 3.29. The van der Waals surface area contributed by atoms with Gasteiger partial charge in [-0.2, -0.15) is 5.10 Å². The molecule has 1 saturated carbocycles. The van der Waals surface area contributed by atoms with E-state index < -0.39 is 9.05 Å². The molecule has 2 heterocycles. The topological polar surface area (TPSA) is 72.3 Å². The fourth-order valence-corrected chi connectivity index (χ4v) is 4.03. The molecule has 3 rings (SSSR count). The number of rotatable bonds is 4. The number of carbonyl (C=O) groups is 1. The Bertz CT molecular complexity index is 651. The first-order valence-corrected chi connectivity index (χ1v) is 9.08. The Balaban J connectivity index is 1.78. The van der Waals surface area contributed by atoms with Gasteiger partial charge in [0.25, 0.3) is 0 Å². The summed E-state index contributed by atoms with van der Waals surface area (Å²) in [7, 11) is 3.50. The Morgan fingerprint density at radius 3 is 2.75 bits per heavy atom. The van der Waals surface area contributed by atoms with Crippen molar-refractivity contribution in [3.05, 3.63) is 11.8 Å². The molecule has 1 atom stereocenters. The van der Waals surface area contributed by atoms with E-state index >= 15 is 0 Å². The molecule has 0 aromatic carbocycles. The lowest BCUT2D eigenvalue weighted by Crippen LogP contribution is -2.27. The first-order chi connectivity index (χ1) is 9.33. The van der Waals surface area contributed by atoms with Crippen molar-refractivity contribution in [1.82, 2.24) is 9.78 Å². The van der Waals surface area contributed by atoms with Crippen molar-refractivity contribution in [1.29, 1.82) is 0 Å². The van der Waals surface area contributed by atoms with Gasteiger partial charge < -0.3 is 0 Å². The summed E-state index contributed by atoms with van der Waals surface area (Å²) in [6, 6.07) is 1.94. The third-order valence-corrected chi connectivity index (χ3v) is 5.03. The monoisotopic (exact) mass is 317 g/mol. The number of aromatic nitrogens is 2. The van der Waals surface area contributed by atoms with Crippen molar-refractivity contribution in [3.8, 4) is 0 Å². The van der Waals surface area contributed by atoms with Crippen molar-refractivity contribution in [2.45, 2.75) is 25.2 Å². The lowest BCUT2D eigenvalue weighted by molar-refractivity contribution is -0.117. The molecule has 20 heavy (non-hydrogen) atoms. The van der Waals surface area contributed by atoms with Crippen LogP contribution in [0.4, 0.5) is 5.82 Å². The molecule has 8 heteroatoms. The predicted octanol–water partition coefficient (Wildman–Crippen LogP) is 1.22. The molecular formula is C12H16ClN3O3S. The largest absolute Gasteiger partial charge is 0.297 e. The molecule has 1 amide bonds. The van der Waals surface area contributed by atoms with E-state index in [2.05, 4.69) is 5.10 Å². The molecule has 2 fully saturated rings. The van der Waals surface area contributed by atoms with E-state index in [4.69, 9.17) is 10.7 Å². The van der Waals surface area contributed by atoms with Crippen LogP contribution in [0.1, 0.15) is 30.9 Å². The van der Waals surface area contributed by atoms with E-state index in [-0.39, 0.29) is 24.0 Å². The average Bonchev–Trinajstić information content (AvgIpc) is 3.00. The SMILES string of the molecule is Cn1nc(C2CC2)cc1N1CC(CS(=O)(=O)Cl)CC1=O. The van der Waals surface area contributed by atoms with Crippen LogP contribution in [0.25, 0.3) is 0 Å². The van der Waals surface area contributed by atoms with E-state index in [0.29, 0.717) is 12.5 Å². The molecule has 6 nitrogen and oxygen atoms in total. The molecule has 1 aliphatic carbocycles. The standard InChI is InChI=1S/C12H16ClN3O3S/c1-15-11(5-10(14-15)9-2-3-9)16-6-8(4-12(16)17)7-20(13,18)19/h5,8-9H,2-4,6-7H2,1H3. The molecule has 0 N–H and O–H groups in total. The predicted molar refractivity (Wildman–Crippen MR) is 75.3 cm³/mol. The zero-order valence-electron chi connectivity index (χ0n) is 11.1. The van der Waals surface area contributed by atoms with Gasteiger partial charge in [-0.3, -0.25) is 14.4 Å². The van der Waals surface area contributed by atoms with Crippen LogP contribution < -0.4 is 4.90 Å². The van der Waals surface area contributed by atoms with Gasteiger partial charge in [-0.15, -0.1) is 0 Å². The van der Waals surface area contributed by atoms with Gasteiger partial charge in [0.2, 0.25) is 15.0 Å². The minimum Gasteiger partial charge on any atom is -0.297 e. The Morgan fingerprint density at radius 1 is 1.45 bits per heavy atom. The Labute approximate surface area is 122 Å². The molecule has 0 radical (unpaired) electrons. The minimum atomic E-state index is -3.57. The van der Waals surface area contributed by atoms with E-state index in [1.165, 1.54) is 0 Å². The summed E-state index contributed by atoms with van der Waals surface area (Å²) in [5.41, 5.74) is 1.02. The van der Waals surface area contributed by atoms with Crippen LogP contribution in [-0.4, -0.2) is 36.4 Å². The first kappa shape index (κ1) is 13.9. The maximum atomic E-state index is 12.1. The maximum absolute atomic E-state index is 12.1. The number of hydrogen-bond acceptors (Lipinski definition) is 4. The van der Waals surface area contributed by atoms with Gasteiger partial charge in [0.1, 0.15) is 5.82 Å². The summed E-state index contributed by atoms with van der Waals surface area (Å²) in [6.45, 7) is 0.383. The summed E-state index contributed by atoms with van der Waals surface area (Å²) >= 11 is 0. The smallest absolute Gasteiger partial charge is 0.232 e. The van der Waals surface area contributed by atoms with E-state index in [0.717, 1.165) is 24.4 Å². The molecule has 1 aromatic rings. The zero-order chi connectivity index (χ0) is 14.5. The van der Waals surface area contributed by atoms with Crippen LogP contribution in [-0.2, 0) is 20.9 Å². The number of amides is 1. The van der Waals surface area contributed by atoms with Gasteiger partial charge in [0.15, 0.2) is 0 Å². The van der Waals surface area contributed by atoms with Crippen molar-refractivity contribution >= 4 is 31.5 Å². The highest BCUT2D eigenvalue weighted by Gasteiger charge is 2.36. The normalized spacial score (nSPS) is 23.6. The number of nitrogens with zero attached hydrogens (tertiary/aromatic N) is 3. The number of halogens is 1. The summed E-state index contributed by atoms with van der Waals surface area (Å²) in [5.74, 6) is 0.785. The Morgan fingerprint density at radius 2 is 2.15 bits per heavy atom.